The fourth-order valence-electron chi connectivity index (χ4n) is 1.86. The molecule has 1 atom stereocenters. The van der Waals surface area contributed by atoms with Crippen LogP contribution in [-0.2, 0) is 9.53 Å². The van der Waals surface area contributed by atoms with Crippen molar-refractivity contribution in [2.75, 3.05) is 12.4 Å². The lowest BCUT2D eigenvalue weighted by atomic mass is 10.2. The second kappa shape index (κ2) is 7.56. The maximum absolute atomic E-state index is 11.9. The van der Waals surface area contributed by atoms with Crippen molar-refractivity contribution in [2.24, 2.45) is 0 Å². The van der Waals surface area contributed by atoms with E-state index in [4.69, 9.17) is 4.74 Å². The molecule has 0 spiro atoms. The van der Waals surface area contributed by atoms with Gasteiger partial charge >= 0.3 is 5.97 Å². The lowest BCUT2D eigenvalue weighted by Gasteiger charge is -2.16. The average Bonchev–Trinajstić information content (AvgIpc) is 3.23. The van der Waals surface area contributed by atoms with Crippen molar-refractivity contribution in [1.82, 2.24) is 5.32 Å². The van der Waals surface area contributed by atoms with E-state index in [-0.39, 0.29) is 12.0 Å². The molecule has 0 amide bonds. The van der Waals surface area contributed by atoms with E-state index in [9.17, 15) is 4.79 Å². The van der Waals surface area contributed by atoms with Crippen molar-refractivity contribution in [3.63, 3.8) is 0 Å². The Kier molecular flexibility index (Phi) is 5.73. The van der Waals surface area contributed by atoms with Gasteiger partial charge in [0.2, 0.25) is 0 Å². The maximum atomic E-state index is 11.9. The lowest BCUT2D eigenvalue weighted by molar-refractivity contribution is -0.145. The van der Waals surface area contributed by atoms with Crippen LogP contribution in [0.3, 0.4) is 0 Å². The van der Waals surface area contributed by atoms with Gasteiger partial charge in [0.25, 0.3) is 0 Å². The first-order valence-corrected chi connectivity index (χ1v) is 7.88. The van der Waals surface area contributed by atoms with Gasteiger partial charge in [-0.05, 0) is 38.3 Å². The second-order valence-corrected chi connectivity index (χ2v) is 5.86. The van der Waals surface area contributed by atoms with Gasteiger partial charge in [-0.3, -0.25) is 4.79 Å². The SMILES string of the molecule is CCOC(=O)C(CCSc1ccccc1)NC1CC1. The first-order valence-electron chi connectivity index (χ1n) is 6.90. The molecular formula is C15H21NO2S. The highest BCUT2D eigenvalue weighted by Crippen LogP contribution is 2.22. The second-order valence-electron chi connectivity index (χ2n) is 4.70. The standard InChI is InChI=1S/C15H21NO2S/c1-2-18-15(17)14(16-12-8-9-12)10-11-19-13-6-4-3-5-7-13/h3-7,12,14,16H,2,8-11H2,1H3. The number of carbonyl (C=O) groups excluding carboxylic acids is 1. The Morgan fingerprint density at radius 2 is 2.16 bits per heavy atom. The smallest absolute Gasteiger partial charge is 0.323 e. The molecule has 1 unspecified atom stereocenters. The molecule has 19 heavy (non-hydrogen) atoms. The Balaban J connectivity index is 1.76. The summed E-state index contributed by atoms with van der Waals surface area (Å²) < 4.78 is 5.12. The van der Waals surface area contributed by atoms with Crippen LogP contribution >= 0.6 is 11.8 Å². The molecule has 1 fully saturated rings. The van der Waals surface area contributed by atoms with Crippen LogP contribution in [0.4, 0.5) is 0 Å². The van der Waals surface area contributed by atoms with E-state index in [0.717, 1.165) is 12.2 Å². The summed E-state index contributed by atoms with van der Waals surface area (Å²) in [4.78, 5) is 13.1. The highest BCUT2D eigenvalue weighted by molar-refractivity contribution is 7.99. The fraction of sp³-hybridized carbons (Fsp3) is 0.533. The molecule has 0 heterocycles. The Morgan fingerprint density at radius 1 is 1.42 bits per heavy atom. The van der Waals surface area contributed by atoms with E-state index >= 15 is 0 Å². The van der Waals surface area contributed by atoms with Crippen LogP contribution in [0.2, 0.25) is 0 Å². The number of hydrogen-bond acceptors (Lipinski definition) is 4. The van der Waals surface area contributed by atoms with E-state index in [2.05, 4.69) is 17.4 Å². The molecule has 1 aliphatic rings. The van der Waals surface area contributed by atoms with E-state index < -0.39 is 0 Å². The van der Waals surface area contributed by atoms with E-state index in [1.54, 1.807) is 11.8 Å². The summed E-state index contributed by atoms with van der Waals surface area (Å²) in [6.45, 7) is 2.30. The van der Waals surface area contributed by atoms with Gasteiger partial charge in [-0.1, -0.05) is 18.2 Å². The molecule has 2 rings (SSSR count). The van der Waals surface area contributed by atoms with Gasteiger partial charge in [0.15, 0.2) is 0 Å². The summed E-state index contributed by atoms with van der Waals surface area (Å²) >= 11 is 1.78. The number of thioether (sulfide) groups is 1. The molecule has 4 heteroatoms. The number of ether oxygens (including phenoxy) is 1. The number of rotatable bonds is 8. The van der Waals surface area contributed by atoms with E-state index in [1.807, 2.05) is 25.1 Å². The first-order chi connectivity index (χ1) is 9.29. The number of nitrogens with one attached hydrogen (secondary N) is 1. The monoisotopic (exact) mass is 279 g/mol. The number of benzene rings is 1. The molecule has 1 saturated carbocycles. The van der Waals surface area contributed by atoms with Crippen molar-refractivity contribution in [2.45, 2.75) is 43.2 Å². The normalized spacial score (nSPS) is 16.1. The zero-order chi connectivity index (χ0) is 13.5. The summed E-state index contributed by atoms with van der Waals surface area (Å²) in [5.74, 6) is 0.816. The first kappa shape index (κ1) is 14.4. The topological polar surface area (TPSA) is 38.3 Å². The Hall–Kier alpha value is -1.00. The van der Waals surface area contributed by atoms with Crippen LogP contribution < -0.4 is 5.32 Å². The number of hydrogen-bond donors (Lipinski definition) is 1. The molecule has 104 valence electrons. The van der Waals surface area contributed by atoms with Crippen LogP contribution in [0.5, 0.6) is 0 Å². The number of carbonyl (C=O) groups is 1. The largest absolute Gasteiger partial charge is 0.465 e. The van der Waals surface area contributed by atoms with Crippen LogP contribution in [0.1, 0.15) is 26.2 Å². The van der Waals surface area contributed by atoms with E-state index in [0.29, 0.717) is 12.6 Å². The van der Waals surface area contributed by atoms with Crippen LogP contribution in [0, 0.1) is 0 Å². The van der Waals surface area contributed by atoms with Crippen molar-refractivity contribution < 1.29 is 9.53 Å². The predicted molar refractivity (Wildman–Crippen MR) is 78.4 cm³/mol. The molecule has 1 N–H and O–H groups in total. The third-order valence-corrected chi connectivity index (χ3v) is 4.05. The summed E-state index contributed by atoms with van der Waals surface area (Å²) in [5, 5.41) is 3.37. The summed E-state index contributed by atoms with van der Waals surface area (Å²) in [7, 11) is 0. The van der Waals surface area contributed by atoms with Crippen LogP contribution in [0.25, 0.3) is 0 Å². The lowest BCUT2D eigenvalue weighted by Crippen LogP contribution is -2.39. The quantitative estimate of drug-likeness (QED) is 0.586. The van der Waals surface area contributed by atoms with Crippen LogP contribution in [0.15, 0.2) is 35.2 Å². The summed E-state index contributed by atoms with van der Waals surface area (Å²) in [6.07, 6.45) is 3.18. The van der Waals surface area contributed by atoms with Gasteiger partial charge in [-0.25, -0.2) is 0 Å². The van der Waals surface area contributed by atoms with Gasteiger partial charge in [-0.2, -0.15) is 0 Å². The molecule has 1 aromatic rings. The number of esters is 1. The summed E-state index contributed by atoms with van der Waals surface area (Å²) in [5.41, 5.74) is 0. The van der Waals surface area contributed by atoms with Crippen molar-refractivity contribution in [1.29, 1.82) is 0 Å². The predicted octanol–water partition coefficient (Wildman–Crippen LogP) is 2.85. The Morgan fingerprint density at radius 3 is 2.79 bits per heavy atom. The minimum atomic E-state index is -0.149. The molecule has 0 aliphatic heterocycles. The zero-order valence-electron chi connectivity index (χ0n) is 11.3. The molecule has 0 radical (unpaired) electrons. The average molecular weight is 279 g/mol. The van der Waals surface area contributed by atoms with Gasteiger partial charge in [0.05, 0.1) is 6.61 Å². The zero-order valence-corrected chi connectivity index (χ0v) is 12.1. The van der Waals surface area contributed by atoms with Crippen LogP contribution in [-0.4, -0.2) is 30.4 Å². The minimum Gasteiger partial charge on any atom is -0.465 e. The Labute approximate surface area is 119 Å². The maximum Gasteiger partial charge on any atom is 0.323 e. The summed E-state index contributed by atoms with van der Waals surface area (Å²) in [6, 6.07) is 10.7. The van der Waals surface area contributed by atoms with Crippen molar-refractivity contribution >= 4 is 17.7 Å². The molecule has 1 aliphatic carbocycles. The van der Waals surface area contributed by atoms with Gasteiger partial charge in [0.1, 0.15) is 6.04 Å². The van der Waals surface area contributed by atoms with E-state index in [1.165, 1.54) is 17.7 Å². The third kappa shape index (κ3) is 5.25. The highest BCUT2D eigenvalue weighted by atomic mass is 32.2. The minimum absolute atomic E-state index is 0.108. The van der Waals surface area contributed by atoms with Gasteiger partial charge in [-0.15, -0.1) is 11.8 Å². The third-order valence-electron chi connectivity index (χ3n) is 3.00. The highest BCUT2D eigenvalue weighted by Gasteiger charge is 2.28. The van der Waals surface area contributed by atoms with Crippen molar-refractivity contribution in [3.8, 4) is 0 Å². The molecule has 0 aromatic heterocycles. The molecule has 0 saturated heterocycles. The van der Waals surface area contributed by atoms with Crippen molar-refractivity contribution in [3.05, 3.63) is 30.3 Å². The fourth-order valence-corrected chi connectivity index (χ4v) is 2.80. The molecule has 3 nitrogen and oxygen atoms in total. The Bertz CT molecular complexity index is 392. The van der Waals surface area contributed by atoms with Gasteiger partial charge < -0.3 is 10.1 Å². The van der Waals surface area contributed by atoms with Gasteiger partial charge in [0, 0.05) is 16.7 Å². The molecule has 0 bridgehead atoms. The molecular weight excluding hydrogens is 258 g/mol. The molecule has 1 aromatic carbocycles.